The van der Waals surface area contributed by atoms with E-state index in [1.165, 1.54) is 64.2 Å². The molecule has 0 radical (unpaired) electrons. The predicted molar refractivity (Wildman–Crippen MR) is 97.9 cm³/mol. The molecule has 0 aromatic rings. The number of nitrogens with zero attached hydrogens (tertiary/aromatic N) is 2. The molecular formula is C18H36N2S. The van der Waals surface area contributed by atoms with Gasteiger partial charge in [-0.2, -0.15) is 0 Å². The van der Waals surface area contributed by atoms with E-state index in [2.05, 4.69) is 41.6 Å². The quantitative estimate of drug-likeness (QED) is 0.639. The highest BCUT2D eigenvalue weighted by molar-refractivity contribution is 8.29. The van der Waals surface area contributed by atoms with Crippen LogP contribution in [-0.2, 0) is 0 Å². The third kappa shape index (κ3) is 4.05. The standard InChI is InChI=1S/C18H36N2S/c1-5-16-21(4,19(2)17-12-8-6-9-13-17)20(3)18-14-10-7-11-15-18/h5,17-18H,1,6-16H2,2-4H3. The average molecular weight is 313 g/mol. The molecule has 124 valence electrons. The Hall–Kier alpha value is 0.01000. The summed E-state index contributed by atoms with van der Waals surface area (Å²) in [6.07, 6.45) is 18.8. The van der Waals surface area contributed by atoms with Crippen LogP contribution in [0.5, 0.6) is 0 Å². The highest BCUT2D eigenvalue weighted by atomic mass is 32.3. The van der Waals surface area contributed by atoms with Gasteiger partial charge in [-0.15, -0.1) is 17.0 Å². The third-order valence-electron chi connectivity index (χ3n) is 5.85. The summed E-state index contributed by atoms with van der Waals surface area (Å²) in [4.78, 5) is 0. The maximum absolute atomic E-state index is 4.07. The minimum Gasteiger partial charge on any atom is -0.256 e. The molecule has 0 unspecified atom stereocenters. The van der Waals surface area contributed by atoms with Crippen LogP contribution in [0.25, 0.3) is 0 Å². The second kappa shape index (κ2) is 8.03. The molecular weight excluding hydrogens is 276 g/mol. The summed E-state index contributed by atoms with van der Waals surface area (Å²) in [7, 11) is 3.90. The highest BCUT2D eigenvalue weighted by Gasteiger charge is 2.36. The summed E-state index contributed by atoms with van der Waals surface area (Å²) in [5.74, 6) is 1.15. The minimum absolute atomic E-state index is 0.796. The van der Waals surface area contributed by atoms with Crippen LogP contribution in [0.2, 0.25) is 0 Å². The fourth-order valence-electron chi connectivity index (χ4n) is 4.19. The van der Waals surface area contributed by atoms with Crippen LogP contribution in [0.3, 0.4) is 0 Å². The van der Waals surface area contributed by atoms with Crippen LogP contribution in [0, 0.1) is 0 Å². The maximum Gasteiger partial charge on any atom is 0.0195 e. The second-order valence-electron chi connectivity index (χ2n) is 7.13. The first kappa shape index (κ1) is 17.4. The smallest absolute Gasteiger partial charge is 0.0195 e. The Balaban J connectivity index is 2.10. The Kier molecular flexibility index (Phi) is 6.64. The molecule has 2 rings (SSSR count). The lowest BCUT2D eigenvalue weighted by Crippen LogP contribution is -2.47. The topological polar surface area (TPSA) is 6.48 Å². The molecule has 21 heavy (non-hydrogen) atoms. The van der Waals surface area contributed by atoms with Gasteiger partial charge in [0.25, 0.3) is 0 Å². The van der Waals surface area contributed by atoms with Crippen molar-refractivity contribution < 1.29 is 0 Å². The van der Waals surface area contributed by atoms with E-state index < -0.39 is 10.4 Å². The SMILES string of the molecule is C=CCS(C)(N(C)C1CCCCC1)N(C)C1CCCCC1. The molecule has 0 amide bonds. The Bertz CT molecular complexity index is 295. The Morgan fingerprint density at radius 3 is 1.57 bits per heavy atom. The zero-order valence-corrected chi connectivity index (χ0v) is 15.3. The van der Waals surface area contributed by atoms with E-state index >= 15 is 0 Å². The van der Waals surface area contributed by atoms with E-state index in [4.69, 9.17) is 0 Å². The summed E-state index contributed by atoms with van der Waals surface area (Å²) < 4.78 is 5.53. The molecule has 0 aromatic heterocycles. The van der Waals surface area contributed by atoms with Gasteiger partial charge >= 0.3 is 0 Å². The molecule has 3 heteroatoms. The molecule has 2 saturated carbocycles. The van der Waals surface area contributed by atoms with Crippen molar-refractivity contribution in [1.29, 1.82) is 0 Å². The van der Waals surface area contributed by atoms with Crippen molar-refractivity contribution in [3.8, 4) is 0 Å². The Morgan fingerprint density at radius 1 is 0.857 bits per heavy atom. The van der Waals surface area contributed by atoms with Gasteiger partial charge in [-0.05, 0) is 46.0 Å². The van der Waals surface area contributed by atoms with Crippen molar-refractivity contribution in [3.63, 3.8) is 0 Å². The molecule has 2 aliphatic carbocycles. The third-order valence-corrected chi connectivity index (χ3v) is 9.80. The number of hydrogen-bond donors (Lipinski definition) is 0. The predicted octanol–water partition coefficient (Wildman–Crippen LogP) is 4.97. The van der Waals surface area contributed by atoms with Crippen LogP contribution in [0.4, 0.5) is 0 Å². The fraction of sp³-hybridized carbons (Fsp3) is 0.889. The summed E-state index contributed by atoms with van der Waals surface area (Å²) in [5, 5.41) is 0. The number of hydrogen-bond acceptors (Lipinski definition) is 2. The van der Waals surface area contributed by atoms with Crippen molar-refractivity contribution in [2.75, 3.05) is 26.1 Å². The highest BCUT2D eigenvalue weighted by Crippen LogP contribution is 2.54. The second-order valence-corrected chi connectivity index (χ2v) is 10.6. The van der Waals surface area contributed by atoms with Crippen LogP contribution in [0.15, 0.2) is 12.7 Å². The lowest BCUT2D eigenvalue weighted by atomic mass is 9.96. The van der Waals surface area contributed by atoms with E-state index in [-0.39, 0.29) is 0 Å². The maximum atomic E-state index is 4.07. The van der Waals surface area contributed by atoms with Crippen molar-refractivity contribution >= 4 is 10.4 Å². The first-order chi connectivity index (χ1) is 10.1. The molecule has 2 nitrogen and oxygen atoms in total. The molecule has 0 spiro atoms. The molecule has 0 saturated heterocycles. The number of rotatable bonds is 6. The van der Waals surface area contributed by atoms with Gasteiger partial charge in [0, 0.05) is 17.8 Å². The van der Waals surface area contributed by atoms with Gasteiger partial charge in [-0.25, -0.2) is 0 Å². The molecule has 0 N–H and O–H groups in total. The minimum atomic E-state index is -0.897. The summed E-state index contributed by atoms with van der Waals surface area (Å²) >= 11 is 0. The molecule has 0 bridgehead atoms. The summed E-state index contributed by atoms with van der Waals surface area (Å²) in [6, 6.07) is 1.59. The van der Waals surface area contributed by atoms with E-state index in [0.717, 1.165) is 17.8 Å². The van der Waals surface area contributed by atoms with Gasteiger partial charge in [-0.3, -0.25) is 8.61 Å². The lowest BCUT2D eigenvalue weighted by Gasteiger charge is -2.56. The van der Waals surface area contributed by atoms with Crippen molar-refractivity contribution in [1.82, 2.24) is 8.61 Å². The van der Waals surface area contributed by atoms with Gasteiger partial charge in [0.2, 0.25) is 0 Å². The van der Waals surface area contributed by atoms with E-state index in [0.29, 0.717) is 0 Å². The zero-order valence-electron chi connectivity index (χ0n) is 14.5. The van der Waals surface area contributed by atoms with E-state index in [1.54, 1.807) is 0 Å². The first-order valence-corrected chi connectivity index (χ1v) is 11.0. The first-order valence-electron chi connectivity index (χ1n) is 8.92. The molecule has 0 aromatic carbocycles. The van der Waals surface area contributed by atoms with Gasteiger partial charge in [-0.1, -0.05) is 44.6 Å². The molecule has 0 atom stereocenters. The van der Waals surface area contributed by atoms with Gasteiger partial charge in [0.05, 0.1) is 0 Å². The monoisotopic (exact) mass is 312 g/mol. The normalized spacial score (nSPS) is 23.7. The van der Waals surface area contributed by atoms with Crippen LogP contribution >= 0.6 is 10.4 Å². The van der Waals surface area contributed by atoms with Crippen molar-refractivity contribution in [2.45, 2.75) is 76.3 Å². The average Bonchev–Trinajstić information content (AvgIpc) is 2.55. The van der Waals surface area contributed by atoms with Gasteiger partial charge < -0.3 is 0 Å². The molecule has 2 fully saturated rings. The van der Waals surface area contributed by atoms with Crippen molar-refractivity contribution in [2.24, 2.45) is 0 Å². The zero-order chi connectivity index (χ0) is 15.3. The van der Waals surface area contributed by atoms with Crippen molar-refractivity contribution in [3.05, 3.63) is 12.7 Å². The van der Waals surface area contributed by atoms with Crippen LogP contribution in [-0.4, -0.2) is 46.8 Å². The Morgan fingerprint density at radius 2 is 1.24 bits per heavy atom. The Labute approximate surface area is 134 Å². The van der Waals surface area contributed by atoms with E-state index in [1.807, 2.05) is 0 Å². The summed E-state index contributed by atoms with van der Waals surface area (Å²) in [5.41, 5.74) is 0. The fourth-order valence-corrected chi connectivity index (χ4v) is 7.22. The summed E-state index contributed by atoms with van der Waals surface area (Å²) in [6.45, 7) is 4.07. The van der Waals surface area contributed by atoms with E-state index in [9.17, 15) is 0 Å². The molecule has 2 aliphatic rings. The molecule has 0 heterocycles. The van der Waals surface area contributed by atoms with Crippen LogP contribution < -0.4 is 0 Å². The molecule has 0 aliphatic heterocycles. The van der Waals surface area contributed by atoms with Crippen LogP contribution in [0.1, 0.15) is 64.2 Å². The van der Waals surface area contributed by atoms with Gasteiger partial charge in [0.1, 0.15) is 0 Å². The van der Waals surface area contributed by atoms with Gasteiger partial charge in [0.15, 0.2) is 0 Å². The largest absolute Gasteiger partial charge is 0.256 e. The lowest BCUT2D eigenvalue weighted by molar-refractivity contribution is 0.259.